The van der Waals surface area contributed by atoms with Crippen molar-refractivity contribution in [2.45, 2.75) is 20.8 Å². The lowest BCUT2D eigenvalue weighted by molar-refractivity contribution is 0.431. The van der Waals surface area contributed by atoms with Crippen molar-refractivity contribution in [1.29, 1.82) is 0 Å². The maximum absolute atomic E-state index is 9.76. The second-order valence-electron chi connectivity index (χ2n) is 5.06. The number of phenols is 1. The standard InChI is InChI=1S/C16H15N3O2/c1-9-4-5-12(8-14(9)20)16-18-15(19-21-16)13-6-10(2)17-11(3)7-13/h4-8,20H,1-3H3. The number of aromatic nitrogens is 3. The van der Waals surface area contributed by atoms with Gasteiger partial charge in [0.1, 0.15) is 5.75 Å². The SMILES string of the molecule is Cc1cc(-c2noc(-c3ccc(C)c(O)c3)n2)cc(C)n1. The number of pyridine rings is 1. The predicted molar refractivity (Wildman–Crippen MR) is 78.8 cm³/mol. The fourth-order valence-corrected chi connectivity index (χ4v) is 2.16. The molecule has 5 nitrogen and oxygen atoms in total. The smallest absolute Gasteiger partial charge is 0.258 e. The van der Waals surface area contributed by atoms with Crippen LogP contribution in [0.5, 0.6) is 5.75 Å². The van der Waals surface area contributed by atoms with E-state index in [0.717, 1.165) is 22.5 Å². The van der Waals surface area contributed by atoms with Crippen molar-refractivity contribution in [2.24, 2.45) is 0 Å². The van der Waals surface area contributed by atoms with E-state index in [4.69, 9.17) is 4.52 Å². The average molecular weight is 281 g/mol. The van der Waals surface area contributed by atoms with E-state index in [-0.39, 0.29) is 5.75 Å². The summed E-state index contributed by atoms with van der Waals surface area (Å²) in [5, 5.41) is 13.8. The molecule has 3 aromatic rings. The Kier molecular flexibility index (Phi) is 3.17. The first-order valence-corrected chi connectivity index (χ1v) is 6.62. The van der Waals surface area contributed by atoms with Gasteiger partial charge in [0.25, 0.3) is 5.89 Å². The topological polar surface area (TPSA) is 72.0 Å². The lowest BCUT2D eigenvalue weighted by Crippen LogP contribution is -1.89. The van der Waals surface area contributed by atoms with Gasteiger partial charge in [-0.3, -0.25) is 4.98 Å². The number of hydrogen-bond donors (Lipinski definition) is 1. The highest BCUT2D eigenvalue weighted by Gasteiger charge is 2.12. The summed E-state index contributed by atoms with van der Waals surface area (Å²) in [6.45, 7) is 5.69. The molecule has 0 spiro atoms. The number of nitrogens with zero attached hydrogens (tertiary/aromatic N) is 3. The van der Waals surface area contributed by atoms with Gasteiger partial charge in [0.05, 0.1) is 0 Å². The Bertz CT molecular complexity index is 789. The normalized spacial score (nSPS) is 10.8. The monoisotopic (exact) mass is 281 g/mol. The molecule has 1 N–H and O–H groups in total. The van der Waals surface area contributed by atoms with Crippen LogP contribution in [-0.2, 0) is 0 Å². The summed E-state index contributed by atoms with van der Waals surface area (Å²) in [6, 6.07) is 9.10. The van der Waals surface area contributed by atoms with Crippen molar-refractivity contribution in [3.05, 3.63) is 47.3 Å². The fraction of sp³-hybridized carbons (Fsp3) is 0.188. The van der Waals surface area contributed by atoms with Gasteiger partial charge in [0.15, 0.2) is 0 Å². The van der Waals surface area contributed by atoms with Gasteiger partial charge in [-0.1, -0.05) is 11.2 Å². The highest BCUT2D eigenvalue weighted by molar-refractivity contribution is 5.62. The number of rotatable bonds is 2. The summed E-state index contributed by atoms with van der Waals surface area (Å²) >= 11 is 0. The lowest BCUT2D eigenvalue weighted by atomic mass is 10.1. The third-order valence-electron chi connectivity index (χ3n) is 3.22. The minimum absolute atomic E-state index is 0.211. The van der Waals surface area contributed by atoms with Crippen LogP contribution in [0.2, 0.25) is 0 Å². The molecule has 0 saturated heterocycles. The van der Waals surface area contributed by atoms with Gasteiger partial charge in [0, 0.05) is 22.5 Å². The second kappa shape index (κ2) is 5.01. The molecule has 0 bridgehead atoms. The van der Waals surface area contributed by atoms with Crippen LogP contribution in [0, 0.1) is 20.8 Å². The Hall–Kier alpha value is -2.69. The van der Waals surface area contributed by atoms with Crippen LogP contribution < -0.4 is 0 Å². The summed E-state index contributed by atoms with van der Waals surface area (Å²) in [4.78, 5) is 8.71. The molecule has 0 amide bonds. The lowest BCUT2D eigenvalue weighted by Gasteiger charge is -2.00. The molecule has 0 aliphatic heterocycles. The van der Waals surface area contributed by atoms with Crippen LogP contribution in [0.15, 0.2) is 34.9 Å². The van der Waals surface area contributed by atoms with E-state index in [1.807, 2.05) is 45.0 Å². The van der Waals surface area contributed by atoms with Gasteiger partial charge in [-0.05, 0) is 50.6 Å². The minimum Gasteiger partial charge on any atom is -0.508 e. The van der Waals surface area contributed by atoms with Crippen molar-refractivity contribution in [2.75, 3.05) is 0 Å². The first-order chi connectivity index (χ1) is 10.0. The van der Waals surface area contributed by atoms with E-state index in [1.165, 1.54) is 0 Å². The quantitative estimate of drug-likeness (QED) is 0.779. The van der Waals surface area contributed by atoms with Crippen LogP contribution in [0.25, 0.3) is 22.8 Å². The van der Waals surface area contributed by atoms with Crippen molar-refractivity contribution < 1.29 is 9.63 Å². The molecule has 21 heavy (non-hydrogen) atoms. The predicted octanol–water partition coefficient (Wildman–Crippen LogP) is 3.43. The number of aromatic hydroxyl groups is 1. The van der Waals surface area contributed by atoms with Crippen molar-refractivity contribution in [3.8, 4) is 28.6 Å². The third-order valence-corrected chi connectivity index (χ3v) is 3.22. The first-order valence-electron chi connectivity index (χ1n) is 6.62. The molecule has 0 atom stereocenters. The van der Waals surface area contributed by atoms with Crippen LogP contribution in [-0.4, -0.2) is 20.2 Å². The van der Waals surface area contributed by atoms with Gasteiger partial charge >= 0.3 is 0 Å². The molecule has 3 rings (SSSR count). The Morgan fingerprint density at radius 2 is 1.62 bits per heavy atom. The summed E-state index contributed by atoms with van der Waals surface area (Å²) in [5.41, 5.74) is 4.18. The number of phenolic OH excluding ortho intramolecular Hbond substituents is 1. The van der Waals surface area contributed by atoms with Crippen LogP contribution in [0.1, 0.15) is 17.0 Å². The van der Waals surface area contributed by atoms with Gasteiger partial charge in [-0.2, -0.15) is 4.98 Å². The van der Waals surface area contributed by atoms with Gasteiger partial charge in [-0.15, -0.1) is 0 Å². The molecule has 0 fully saturated rings. The average Bonchev–Trinajstić information content (AvgIpc) is 2.90. The zero-order chi connectivity index (χ0) is 15.0. The van der Waals surface area contributed by atoms with Crippen molar-refractivity contribution >= 4 is 0 Å². The second-order valence-corrected chi connectivity index (χ2v) is 5.06. The van der Waals surface area contributed by atoms with Gasteiger partial charge in [0.2, 0.25) is 5.82 Å². The van der Waals surface area contributed by atoms with Crippen LogP contribution >= 0.6 is 0 Å². The van der Waals surface area contributed by atoms with E-state index in [9.17, 15) is 5.11 Å². The molecule has 106 valence electrons. The van der Waals surface area contributed by atoms with E-state index in [0.29, 0.717) is 17.3 Å². The first kappa shape index (κ1) is 13.3. The molecule has 0 unspecified atom stereocenters. The van der Waals surface area contributed by atoms with Crippen molar-refractivity contribution in [1.82, 2.24) is 15.1 Å². The van der Waals surface area contributed by atoms with Gasteiger partial charge < -0.3 is 9.63 Å². The largest absolute Gasteiger partial charge is 0.508 e. The minimum atomic E-state index is 0.211. The highest BCUT2D eigenvalue weighted by Crippen LogP contribution is 2.27. The van der Waals surface area contributed by atoms with E-state index in [1.54, 1.807) is 6.07 Å². The van der Waals surface area contributed by atoms with E-state index >= 15 is 0 Å². The maximum atomic E-state index is 9.76. The molecular weight excluding hydrogens is 266 g/mol. The molecule has 0 aliphatic carbocycles. The molecule has 2 aromatic heterocycles. The zero-order valence-corrected chi connectivity index (χ0v) is 12.1. The van der Waals surface area contributed by atoms with Gasteiger partial charge in [-0.25, -0.2) is 0 Å². The Balaban J connectivity index is 2.01. The molecule has 0 radical (unpaired) electrons. The molecular formula is C16H15N3O2. The molecule has 0 aliphatic rings. The molecule has 2 heterocycles. The maximum Gasteiger partial charge on any atom is 0.258 e. The third kappa shape index (κ3) is 2.63. The number of aryl methyl sites for hydroxylation is 3. The number of benzene rings is 1. The summed E-state index contributed by atoms with van der Waals surface area (Å²) < 4.78 is 5.29. The zero-order valence-electron chi connectivity index (χ0n) is 12.1. The van der Waals surface area contributed by atoms with Crippen LogP contribution in [0.3, 0.4) is 0 Å². The Morgan fingerprint density at radius 1 is 0.905 bits per heavy atom. The Labute approximate surface area is 122 Å². The fourth-order valence-electron chi connectivity index (χ4n) is 2.16. The van der Waals surface area contributed by atoms with Crippen LogP contribution in [0.4, 0.5) is 0 Å². The Morgan fingerprint density at radius 3 is 2.29 bits per heavy atom. The molecule has 5 heteroatoms. The molecule has 0 saturated carbocycles. The summed E-state index contributed by atoms with van der Waals surface area (Å²) in [5.74, 6) is 1.11. The van der Waals surface area contributed by atoms with E-state index < -0.39 is 0 Å². The number of hydrogen-bond acceptors (Lipinski definition) is 5. The van der Waals surface area contributed by atoms with E-state index in [2.05, 4.69) is 15.1 Å². The highest BCUT2D eigenvalue weighted by atomic mass is 16.5. The molecule has 1 aromatic carbocycles. The summed E-state index contributed by atoms with van der Waals surface area (Å²) in [6.07, 6.45) is 0. The van der Waals surface area contributed by atoms with Crippen molar-refractivity contribution in [3.63, 3.8) is 0 Å². The summed E-state index contributed by atoms with van der Waals surface area (Å²) in [7, 11) is 0.